The number of carboxylic acids is 2. The van der Waals surface area contributed by atoms with E-state index in [1.54, 1.807) is 32.2 Å². The fraction of sp³-hybridized carbons (Fsp3) is 0.367. The van der Waals surface area contributed by atoms with Gasteiger partial charge in [0.05, 0.1) is 6.04 Å². The van der Waals surface area contributed by atoms with Crippen LogP contribution in [-0.2, 0) is 36.8 Å². The molecule has 0 bridgehead atoms. The lowest BCUT2D eigenvalue weighted by atomic mass is 9.99. The topological polar surface area (TPSA) is 224 Å². The second kappa shape index (κ2) is 14.8. The van der Waals surface area contributed by atoms with Gasteiger partial charge >= 0.3 is 11.9 Å². The van der Waals surface area contributed by atoms with Gasteiger partial charge < -0.3 is 42.0 Å². The summed E-state index contributed by atoms with van der Waals surface area (Å²) in [5.41, 5.74) is 7.88. The van der Waals surface area contributed by atoms with Gasteiger partial charge in [0.15, 0.2) is 0 Å². The number of aliphatic carboxylic acids is 2. The van der Waals surface area contributed by atoms with Crippen LogP contribution in [0.2, 0.25) is 0 Å². The van der Waals surface area contributed by atoms with E-state index >= 15 is 0 Å². The highest BCUT2D eigenvalue weighted by atomic mass is 16.4. The van der Waals surface area contributed by atoms with Crippen molar-refractivity contribution in [2.45, 2.75) is 63.7 Å². The number of aromatic nitrogens is 1. The van der Waals surface area contributed by atoms with E-state index in [1.165, 1.54) is 12.1 Å². The standard InChI is InChI=1S/C30H37N5O8/c1-16(2)26(35-27(39)21(31)11-12-25(37)38)29(41)33-23(14-18-15-32-22-6-4-3-5-20(18)22)28(40)34-24(30(42)43)13-17-7-9-19(36)10-8-17/h3-10,15-16,21,23-24,26,32,36H,11-14,31H2,1-2H3,(H,33,41)(H,34,40)(H,35,39)(H,37,38)(H,42,43). The fourth-order valence-electron chi connectivity index (χ4n) is 4.54. The molecule has 0 saturated heterocycles. The van der Waals surface area contributed by atoms with Gasteiger partial charge in [-0.05, 0) is 41.7 Å². The van der Waals surface area contributed by atoms with Crippen LogP contribution < -0.4 is 21.7 Å². The number of nitrogens with two attached hydrogens (primary N) is 1. The fourth-order valence-corrected chi connectivity index (χ4v) is 4.54. The van der Waals surface area contributed by atoms with Crippen molar-refractivity contribution in [2.75, 3.05) is 0 Å². The highest BCUT2D eigenvalue weighted by Gasteiger charge is 2.32. The number of H-pyrrole nitrogens is 1. The SMILES string of the molecule is CC(C)C(NC(=O)C(N)CCC(=O)O)C(=O)NC(Cc1c[nH]c2ccccc12)C(=O)NC(Cc1ccc(O)cc1)C(=O)O. The molecule has 4 unspecified atom stereocenters. The summed E-state index contributed by atoms with van der Waals surface area (Å²) < 4.78 is 0. The first kappa shape index (κ1) is 32.6. The predicted octanol–water partition coefficient (Wildman–Crippen LogP) is 1.05. The van der Waals surface area contributed by atoms with Crippen LogP contribution in [0.3, 0.4) is 0 Å². The lowest BCUT2D eigenvalue weighted by Crippen LogP contribution is -2.59. The number of para-hydroxylation sites is 1. The number of rotatable bonds is 15. The lowest BCUT2D eigenvalue weighted by molar-refractivity contribution is -0.142. The summed E-state index contributed by atoms with van der Waals surface area (Å²) in [5.74, 6) is -4.99. The molecule has 0 aliphatic heterocycles. The normalized spacial score (nSPS) is 14.0. The maximum atomic E-state index is 13.6. The van der Waals surface area contributed by atoms with Crippen molar-refractivity contribution in [1.82, 2.24) is 20.9 Å². The first-order chi connectivity index (χ1) is 20.3. The van der Waals surface area contributed by atoms with Crippen LogP contribution in [0.4, 0.5) is 0 Å². The zero-order valence-corrected chi connectivity index (χ0v) is 23.9. The van der Waals surface area contributed by atoms with Crippen LogP contribution in [0.1, 0.15) is 37.8 Å². The lowest BCUT2D eigenvalue weighted by Gasteiger charge is -2.27. The third-order valence-electron chi connectivity index (χ3n) is 6.98. The second-order valence-corrected chi connectivity index (χ2v) is 10.7. The quantitative estimate of drug-likeness (QED) is 0.125. The number of phenols is 1. The van der Waals surface area contributed by atoms with Crippen molar-refractivity contribution in [1.29, 1.82) is 0 Å². The van der Waals surface area contributed by atoms with E-state index in [9.17, 15) is 34.2 Å². The van der Waals surface area contributed by atoms with Crippen molar-refractivity contribution in [2.24, 2.45) is 11.7 Å². The highest BCUT2D eigenvalue weighted by molar-refractivity contribution is 5.95. The first-order valence-corrected chi connectivity index (χ1v) is 13.8. The average Bonchev–Trinajstić information content (AvgIpc) is 3.37. The Hall–Kier alpha value is -4.91. The molecule has 230 valence electrons. The Morgan fingerprint density at radius 1 is 0.837 bits per heavy atom. The molecule has 1 aromatic heterocycles. The van der Waals surface area contributed by atoms with E-state index in [0.29, 0.717) is 11.1 Å². The number of aromatic amines is 1. The number of amides is 3. The summed E-state index contributed by atoms with van der Waals surface area (Å²) in [6, 6.07) is 8.41. The predicted molar refractivity (Wildman–Crippen MR) is 157 cm³/mol. The molecule has 43 heavy (non-hydrogen) atoms. The van der Waals surface area contributed by atoms with Crippen LogP contribution >= 0.6 is 0 Å². The van der Waals surface area contributed by atoms with Crippen molar-refractivity contribution in [3.05, 3.63) is 65.9 Å². The maximum absolute atomic E-state index is 13.6. The molecule has 3 amide bonds. The van der Waals surface area contributed by atoms with Crippen LogP contribution in [0.15, 0.2) is 54.7 Å². The Balaban J connectivity index is 1.83. The molecule has 0 radical (unpaired) electrons. The van der Waals surface area contributed by atoms with Gasteiger partial charge in [0.2, 0.25) is 17.7 Å². The number of benzene rings is 2. The molecule has 0 aliphatic carbocycles. The monoisotopic (exact) mass is 595 g/mol. The largest absolute Gasteiger partial charge is 0.508 e. The van der Waals surface area contributed by atoms with Gasteiger partial charge in [-0.15, -0.1) is 0 Å². The van der Waals surface area contributed by atoms with Gasteiger partial charge in [0, 0.05) is 36.4 Å². The number of carboxylic acid groups (broad SMARTS) is 2. The van der Waals surface area contributed by atoms with Gasteiger partial charge in [0.1, 0.15) is 23.9 Å². The molecule has 1 heterocycles. The van der Waals surface area contributed by atoms with Crippen molar-refractivity contribution in [3.63, 3.8) is 0 Å². The third kappa shape index (κ3) is 9.30. The molecular weight excluding hydrogens is 558 g/mol. The number of carbonyl (C=O) groups is 5. The van der Waals surface area contributed by atoms with Crippen LogP contribution in [0.5, 0.6) is 5.75 Å². The second-order valence-electron chi connectivity index (χ2n) is 10.7. The number of nitrogens with one attached hydrogen (secondary N) is 4. The minimum absolute atomic E-state index is 0.00399. The maximum Gasteiger partial charge on any atom is 0.326 e. The Labute approximate surface area is 247 Å². The Morgan fingerprint density at radius 2 is 1.49 bits per heavy atom. The van der Waals surface area contributed by atoms with Crippen molar-refractivity contribution >= 4 is 40.6 Å². The Morgan fingerprint density at radius 3 is 2.12 bits per heavy atom. The number of fused-ring (bicyclic) bond motifs is 1. The van der Waals surface area contributed by atoms with Gasteiger partial charge in [-0.3, -0.25) is 19.2 Å². The van der Waals surface area contributed by atoms with E-state index in [-0.39, 0.29) is 31.4 Å². The molecule has 0 aliphatic rings. The number of hydrogen-bond acceptors (Lipinski definition) is 7. The molecule has 0 saturated carbocycles. The highest BCUT2D eigenvalue weighted by Crippen LogP contribution is 2.20. The van der Waals surface area contributed by atoms with E-state index in [1.807, 2.05) is 24.3 Å². The summed E-state index contributed by atoms with van der Waals surface area (Å²) in [4.78, 5) is 65.7. The van der Waals surface area contributed by atoms with Crippen LogP contribution in [0, 0.1) is 5.92 Å². The number of hydrogen-bond donors (Lipinski definition) is 8. The zero-order chi connectivity index (χ0) is 31.7. The molecule has 0 spiro atoms. The number of aromatic hydroxyl groups is 1. The van der Waals surface area contributed by atoms with Gasteiger partial charge in [0.25, 0.3) is 0 Å². The van der Waals surface area contributed by atoms with Gasteiger partial charge in [-0.2, -0.15) is 0 Å². The first-order valence-electron chi connectivity index (χ1n) is 13.8. The zero-order valence-electron chi connectivity index (χ0n) is 23.9. The smallest absolute Gasteiger partial charge is 0.326 e. The summed E-state index contributed by atoms with van der Waals surface area (Å²) in [5, 5.41) is 36.8. The van der Waals surface area contributed by atoms with Crippen LogP contribution in [-0.4, -0.2) is 74.1 Å². The minimum Gasteiger partial charge on any atom is -0.508 e. The third-order valence-corrected chi connectivity index (χ3v) is 6.98. The van der Waals surface area contributed by atoms with Crippen molar-refractivity contribution in [3.8, 4) is 5.75 Å². The Kier molecular flexibility index (Phi) is 11.2. The molecule has 13 heteroatoms. The molecule has 0 fully saturated rings. The van der Waals surface area contributed by atoms with Gasteiger partial charge in [-0.25, -0.2) is 4.79 Å². The number of carbonyl (C=O) groups excluding carboxylic acids is 3. The van der Waals surface area contributed by atoms with E-state index in [4.69, 9.17) is 10.8 Å². The summed E-state index contributed by atoms with van der Waals surface area (Å²) in [6.45, 7) is 3.36. The average molecular weight is 596 g/mol. The molecular formula is C30H37N5O8. The Bertz CT molecular complexity index is 1450. The molecule has 4 atom stereocenters. The minimum atomic E-state index is -1.34. The van der Waals surface area contributed by atoms with E-state index < -0.39 is 59.7 Å². The van der Waals surface area contributed by atoms with Crippen LogP contribution in [0.25, 0.3) is 10.9 Å². The summed E-state index contributed by atoms with van der Waals surface area (Å²) >= 11 is 0. The van der Waals surface area contributed by atoms with E-state index in [0.717, 1.165) is 10.9 Å². The number of phenolic OH excluding ortho intramolecular Hbond substituents is 1. The summed E-state index contributed by atoms with van der Waals surface area (Å²) in [6.07, 6.45) is 1.18. The molecule has 13 nitrogen and oxygen atoms in total. The van der Waals surface area contributed by atoms with Crippen molar-refractivity contribution < 1.29 is 39.3 Å². The molecule has 9 N–H and O–H groups in total. The molecule has 2 aromatic carbocycles. The molecule has 3 aromatic rings. The molecule has 3 rings (SSSR count). The van der Waals surface area contributed by atoms with E-state index in [2.05, 4.69) is 20.9 Å². The summed E-state index contributed by atoms with van der Waals surface area (Å²) in [7, 11) is 0. The van der Waals surface area contributed by atoms with Gasteiger partial charge in [-0.1, -0.05) is 44.2 Å².